The highest BCUT2D eigenvalue weighted by molar-refractivity contribution is 5.90. The fourth-order valence-electron chi connectivity index (χ4n) is 3.33. The van der Waals surface area contributed by atoms with Gasteiger partial charge in [-0.15, -0.1) is 0 Å². The SMILES string of the molecule is Cc1ccc(Nc2nc(Nc3ccc(C)cc3C)c3cnn(C)c3n2)c(C)c1. The first kappa shape index (κ1) is 18.0. The molecule has 0 spiro atoms. The minimum Gasteiger partial charge on any atom is -0.339 e. The second-order valence-corrected chi connectivity index (χ2v) is 7.29. The van der Waals surface area contributed by atoms with Crippen molar-refractivity contribution in [3.05, 3.63) is 64.8 Å². The lowest BCUT2D eigenvalue weighted by Gasteiger charge is -2.13. The molecule has 4 aromatic rings. The van der Waals surface area contributed by atoms with Gasteiger partial charge < -0.3 is 10.6 Å². The molecule has 0 unspecified atom stereocenters. The molecule has 0 atom stereocenters. The third-order valence-corrected chi connectivity index (χ3v) is 4.86. The first-order valence-corrected chi connectivity index (χ1v) is 9.29. The Kier molecular flexibility index (Phi) is 4.47. The predicted octanol–water partition coefficient (Wildman–Crippen LogP) is 5.08. The normalized spacial score (nSPS) is 11.0. The number of nitrogens with zero attached hydrogens (tertiary/aromatic N) is 4. The van der Waals surface area contributed by atoms with Gasteiger partial charge in [0.15, 0.2) is 5.65 Å². The Morgan fingerprint density at radius 2 is 1.39 bits per heavy atom. The molecule has 0 bridgehead atoms. The molecule has 0 fully saturated rings. The lowest BCUT2D eigenvalue weighted by Crippen LogP contribution is -2.04. The molecule has 0 amide bonds. The van der Waals surface area contributed by atoms with Crippen molar-refractivity contribution >= 4 is 34.2 Å². The second kappa shape index (κ2) is 6.96. The van der Waals surface area contributed by atoms with Crippen LogP contribution in [0.5, 0.6) is 0 Å². The Balaban J connectivity index is 1.77. The van der Waals surface area contributed by atoms with E-state index in [0.29, 0.717) is 5.95 Å². The van der Waals surface area contributed by atoms with Crippen LogP contribution in [0.1, 0.15) is 22.3 Å². The number of hydrogen-bond acceptors (Lipinski definition) is 5. The van der Waals surface area contributed by atoms with Gasteiger partial charge in [-0.1, -0.05) is 35.4 Å². The van der Waals surface area contributed by atoms with Crippen LogP contribution in [0.3, 0.4) is 0 Å². The van der Waals surface area contributed by atoms with Crippen molar-refractivity contribution in [3.8, 4) is 0 Å². The monoisotopic (exact) mass is 372 g/mol. The van der Waals surface area contributed by atoms with E-state index in [9.17, 15) is 0 Å². The molecule has 6 heteroatoms. The zero-order chi connectivity index (χ0) is 19.8. The topological polar surface area (TPSA) is 67.7 Å². The number of benzene rings is 2. The van der Waals surface area contributed by atoms with Gasteiger partial charge in [-0.25, -0.2) is 0 Å². The largest absolute Gasteiger partial charge is 0.339 e. The van der Waals surface area contributed by atoms with Crippen LogP contribution < -0.4 is 10.6 Å². The zero-order valence-corrected chi connectivity index (χ0v) is 16.8. The Labute approximate surface area is 164 Å². The van der Waals surface area contributed by atoms with E-state index in [1.807, 2.05) is 7.05 Å². The fourth-order valence-corrected chi connectivity index (χ4v) is 3.33. The highest BCUT2D eigenvalue weighted by atomic mass is 15.3. The van der Waals surface area contributed by atoms with Gasteiger partial charge >= 0.3 is 0 Å². The van der Waals surface area contributed by atoms with E-state index in [1.54, 1.807) is 10.9 Å². The van der Waals surface area contributed by atoms with E-state index in [0.717, 1.165) is 33.8 Å². The number of anilines is 4. The van der Waals surface area contributed by atoms with Crippen LogP contribution in [-0.2, 0) is 7.05 Å². The van der Waals surface area contributed by atoms with Gasteiger partial charge in [-0.05, 0) is 51.0 Å². The standard InChI is InChI=1S/C22H24N6/c1-13-6-8-18(15(3)10-13)24-20-17-12-23-28(5)21(17)27-22(26-20)25-19-9-7-14(2)11-16(19)4/h6-12H,1-5H3,(H2,24,25,26,27). The molecule has 2 aromatic heterocycles. The van der Waals surface area contributed by atoms with Gasteiger partial charge in [0, 0.05) is 18.4 Å². The summed E-state index contributed by atoms with van der Waals surface area (Å²) in [7, 11) is 1.89. The Bertz CT molecular complexity index is 1180. The van der Waals surface area contributed by atoms with Crippen molar-refractivity contribution in [1.29, 1.82) is 0 Å². The maximum absolute atomic E-state index is 4.75. The summed E-state index contributed by atoms with van der Waals surface area (Å²) in [4.78, 5) is 9.42. The van der Waals surface area contributed by atoms with Gasteiger partial charge in [0.25, 0.3) is 0 Å². The van der Waals surface area contributed by atoms with Crippen molar-refractivity contribution in [3.63, 3.8) is 0 Å². The zero-order valence-electron chi connectivity index (χ0n) is 16.8. The van der Waals surface area contributed by atoms with Crippen LogP contribution in [0.4, 0.5) is 23.1 Å². The van der Waals surface area contributed by atoms with Gasteiger partial charge in [0.1, 0.15) is 5.82 Å². The molecule has 0 aliphatic rings. The van der Waals surface area contributed by atoms with Crippen molar-refractivity contribution in [2.24, 2.45) is 7.05 Å². The molecular formula is C22H24N6. The van der Waals surface area contributed by atoms with Crippen molar-refractivity contribution < 1.29 is 0 Å². The first-order valence-electron chi connectivity index (χ1n) is 9.29. The number of nitrogens with one attached hydrogen (secondary N) is 2. The van der Waals surface area contributed by atoms with Gasteiger partial charge in [-0.3, -0.25) is 4.68 Å². The fraction of sp³-hybridized carbons (Fsp3) is 0.227. The van der Waals surface area contributed by atoms with Crippen LogP contribution in [0.2, 0.25) is 0 Å². The Morgan fingerprint density at radius 1 is 0.786 bits per heavy atom. The van der Waals surface area contributed by atoms with Crippen LogP contribution in [0.25, 0.3) is 11.0 Å². The maximum atomic E-state index is 4.75. The van der Waals surface area contributed by atoms with Crippen molar-refractivity contribution in [1.82, 2.24) is 19.7 Å². The number of hydrogen-bond donors (Lipinski definition) is 2. The average molecular weight is 372 g/mol. The summed E-state index contributed by atoms with van der Waals surface area (Å²) < 4.78 is 1.76. The summed E-state index contributed by atoms with van der Waals surface area (Å²) in [6, 6.07) is 12.6. The molecule has 2 aromatic carbocycles. The highest BCUT2D eigenvalue weighted by Crippen LogP contribution is 2.28. The highest BCUT2D eigenvalue weighted by Gasteiger charge is 2.13. The van der Waals surface area contributed by atoms with Crippen LogP contribution in [0, 0.1) is 27.7 Å². The lowest BCUT2D eigenvalue weighted by molar-refractivity contribution is 0.786. The van der Waals surface area contributed by atoms with Crippen LogP contribution in [0.15, 0.2) is 42.6 Å². The molecular weight excluding hydrogens is 348 g/mol. The van der Waals surface area contributed by atoms with Gasteiger partial charge in [0.05, 0.1) is 11.6 Å². The number of aromatic nitrogens is 4. The van der Waals surface area contributed by atoms with Crippen LogP contribution in [-0.4, -0.2) is 19.7 Å². The molecule has 6 nitrogen and oxygen atoms in total. The summed E-state index contributed by atoms with van der Waals surface area (Å²) in [6.45, 7) is 8.34. The van der Waals surface area contributed by atoms with Crippen molar-refractivity contribution in [2.45, 2.75) is 27.7 Å². The van der Waals surface area contributed by atoms with E-state index in [1.165, 1.54) is 16.7 Å². The van der Waals surface area contributed by atoms with Gasteiger partial charge in [0.2, 0.25) is 5.95 Å². The maximum Gasteiger partial charge on any atom is 0.231 e. The summed E-state index contributed by atoms with van der Waals surface area (Å²) in [6.07, 6.45) is 1.79. The van der Waals surface area contributed by atoms with Crippen LogP contribution >= 0.6 is 0 Å². The molecule has 2 heterocycles. The third-order valence-electron chi connectivity index (χ3n) is 4.86. The van der Waals surface area contributed by atoms with Crippen molar-refractivity contribution in [2.75, 3.05) is 10.6 Å². The number of aryl methyl sites for hydroxylation is 5. The van der Waals surface area contributed by atoms with E-state index in [2.05, 4.69) is 84.8 Å². The summed E-state index contributed by atoms with van der Waals surface area (Å²) in [5.74, 6) is 1.27. The molecule has 0 saturated carbocycles. The Hall–Kier alpha value is -3.41. The summed E-state index contributed by atoms with van der Waals surface area (Å²) in [5.41, 5.74) is 7.56. The van der Waals surface area contributed by atoms with Gasteiger partial charge in [-0.2, -0.15) is 15.1 Å². The second-order valence-electron chi connectivity index (χ2n) is 7.29. The summed E-state index contributed by atoms with van der Waals surface area (Å²) >= 11 is 0. The smallest absolute Gasteiger partial charge is 0.231 e. The molecule has 2 N–H and O–H groups in total. The molecule has 0 radical (unpaired) electrons. The Morgan fingerprint density at radius 3 is 2.00 bits per heavy atom. The molecule has 0 aliphatic heterocycles. The van der Waals surface area contributed by atoms with E-state index in [-0.39, 0.29) is 0 Å². The quantitative estimate of drug-likeness (QED) is 0.523. The first-order chi connectivity index (χ1) is 13.4. The van der Waals surface area contributed by atoms with E-state index in [4.69, 9.17) is 4.98 Å². The predicted molar refractivity (Wildman–Crippen MR) is 115 cm³/mol. The third kappa shape index (κ3) is 3.41. The number of fused-ring (bicyclic) bond motifs is 1. The van der Waals surface area contributed by atoms with E-state index < -0.39 is 0 Å². The molecule has 0 saturated heterocycles. The lowest BCUT2D eigenvalue weighted by atomic mass is 10.1. The number of rotatable bonds is 4. The summed E-state index contributed by atoms with van der Waals surface area (Å²) in [5, 5.41) is 12.1. The van der Waals surface area contributed by atoms with E-state index >= 15 is 0 Å². The molecule has 0 aliphatic carbocycles. The molecule has 4 rings (SSSR count). The molecule has 142 valence electrons. The average Bonchev–Trinajstić information content (AvgIpc) is 3.01. The minimum absolute atomic E-state index is 0.537. The minimum atomic E-state index is 0.537. The molecule has 28 heavy (non-hydrogen) atoms.